The summed E-state index contributed by atoms with van der Waals surface area (Å²) in [5, 5.41) is 1.11. The number of carbonyl (C=O) groups is 1. The molecule has 0 radical (unpaired) electrons. The van der Waals surface area contributed by atoms with Gasteiger partial charge in [0.05, 0.1) is 27.9 Å². The van der Waals surface area contributed by atoms with Crippen LogP contribution in [0.1, 0.15) is 43.5 Å². The number of esters is 1. The first kappa shape index (κ1) is 30.2. The molecule has 1 aromatic heterocycles. The Labute approximate surface area is 261 Å². The van der Waals surface area contributed by atoms with Crippen molar-refractivity contribution in [2.24, 2.45) is 4.99 Å². The molecule has 0 amide bonds. The minimum absolute atomic E-state index is 0.224. The van der Waals surface area contributed by atoms with Crippen molar-refractivity contribution in [2.45, 2.75) is 44.4 Å². The van der Waals surface area contributed by atoms with Crippen LogP contribution in [0, 0.1) is 0 Å². The molecule has 4 aromatic rings. The molecule has 0 saturated heterocycles. The zero-order valence-corrected chi connectivity index (χ0v) is 26.5. The van der Waals surface area contributed by atoms with Crippen molar-refractivity contribution in [3.63, 3.8) is 0 Å². The van der Waals surface area contributed by atoms with E-state index >= 15 is 0 Å². The van der Waals surface area contributed by atoms with Gasteiger partial charge in [0.2, 0.25) is 0 Å². The van der Waals surface area contributed by atoms with Gasteiger partial charge in [-0.2, -0.15) is 0 Å². The lowest BCUT2D eigenvalue weighted by atomic mass is 9.96. The van der Waals surface area contributed by atoms with Crippen LogP contribution in [-0.2, 0) is 16.1 Å². The van der Waals surface area contributed by atoms with Crippen LogP contribution in [0.3, 0.4) is 0 Å². The third kappa shape index (κ3) is 6.52. The van der Waals surface area contributed by atoms with Crippen LogP contribution in [-0.4, -0.2) is 22.9 Å². The van der Waals surface area contributed by atoms with Crippen LogP contribution in [0.2, 0.25) is 10.0 Å². The number of thiazole rings is 1. The van der Waals surface area contributed by atoms with Crippen molar-refractivity contribution in [3.05, 3.63) is 124 Å². The number of carbonyl (C=O) groups excluding carboxylic acids is 1. The quantitative estimate of drug-likeness (QED) is 0.157. The van der Waals surface area contributed by atoms with Crippen molar-refractivity contribution in [1.82, 2.24) is 4.57 Å². The highest BCUT2D eigenvalue weighted by Gasteiger charge is 2.33. The molecule has 0 spiro atoms. The molecule has 0 unspecified atom stereocenters. The zero-order valence-electron chi connectivity index (χ0n) is 23.4. The van der Waals surface area contributed by atoms with E-state index in [2.05, 4.69) is 4.99 Å². The smallest absolute Gasteiger partial charge is 0.338 e. The van der Waals surface area contributed by atoms with Crippen LogP contribution in [0.15, 0.2) is 92.7 Å². The summed E-state index contributed by atoms with van der Waals surface area (Å²) in [6.45, 7) is 5.68. The molecular weight excluding hydrogens is 611 g/mol. The molecule has 10 heteroatoms. The van der Waals surface area contributed by atoms with E-state index in [1.54, 1.807) is 49.2 Å². The molecule has 42 heavy (non-hydrogen) atoms. The van der Waals surface area contributed by atoms with E-state index in [9.17, 15) is 9.59 Å². The normalized spacial score (nSPS) is 15.0. The molecule has 2 heterocycles. The molecule has 0 N–H and O–H groups in total. The maximum absolute atomic E-state index is 13.9. The number of thioether (sulfide) groups is 1. The largest absolute Gasteiger partial charge is 0.489 e. The molecule has 0 saturated carbocycles. The van der Waals surface area contributed by atoms with E-state index in [0.29, 0.717) is 43.0 Å². The number of allylic oxidation sites excluding steroid dienone is 1. The molecule has 0 fully saturated rings. The summed E-state index contributed by atoms with van der Waals surface area (Å²) in [5.74, 6) is 0.187. The first-order valence-electron chi connectivity index (χ1n) is 13.2. The lowest BCUT2D eigenvalue weighted by Gasteiger charge is -2.25. The summed E-state index contributed by atoms with van der Waals surface area (Å²) < 4.78 is 13.6. The monoisotopic (exact) mass is 638 g/mol. The van der Waals surface area contributed by atoms with Crippen LogP contribution in [0.5, 0.6) is 5.75 Å². The van der Waals surface area contributed by atoms with Gasteiger partial charge in [-0.15, -0.1) is 11.8 Å². The number of nitrogens with zero attached hydrogens (tertiary/aromatic N) is 2. The summed E-state index contributed by atoms with van der Waals surface area (Å²) in [6.07, 6.45) is 3.52. The molecule has 1 aliphatic heterocycles. The van der Waals surface area contributed by atoms with Crippen molar-refractivity contribution >= 4 is 58.3 Å². The molecule has 6 nitrogen and oxygen atoms in total. The van der Waals surface area contributed by atoms with Gasteiger partial charge in [-0.25, -0.2) is 9.79 Å². The van der Waals surface area contributed by atoms with Crippen LogP contribution < -0.4 is 19.6 Å². The summed E-state index contributed by atoms with van der Waals surface area (Å²) in [4.78, 5) is 33.4. The third-order valence-corrected chi connectivity index (χ3v) is 8.92. The Kier molecular flexibility index (Phi) is 9.28. The Hall–Kier alpha value is -3.30. The van der Waals surface area contributed by atoms with E-state index in [1.165, 1.54) is 11.3 Å². The number of hydrogen-bond donors (Lipinski definition) is 0. The second-order valence-corrected chi connectivity index (χ2v) is 12.6. The fourth-order valence-electron chi connectivity index (χ4n) is 4.57. The first-order valence-corrected chi connectivity index (χ1v) is 16.0. The van der Waals surface area contributed by atoms with Crippen molar-refractivity contribution in [3.8, 4) is 5.75 Å². The minimum Gasteiger partial charge on any atom is -0.489 e. The highest BCUT2D eigenvalue weighted by Crippen LogP contribution is 2.32. The van der Waals surface area contributed by atoms with E-state index < -0.39 is 12.0 Å². The van der Waals surface area contributed by atoms with Gasteiger partial charge in [-0.1, -0.05) is 64.9 Å². The van der Waals surface area contributed by atoms with Crippen molar-refractivity contribution in [2.75, 3.05) is 6.26 Å². The molecule has 5 rings (SSSR count). The SMILES string of the molecule is CSc1ccc([C@@H]2C(C(=O)OC(C)C)=C(C)N=c3s/c(=C\c4ccc(OCc5ccc(Cl)cc5Cl)cc4)c(=O)n32)cc1. The fourth-order valence-corrected chi connectivity index (χ4v) is 6.49. The van der Waals surface area contributed by atoms with Gasteiger partial charge in [0.15, 0.2) is 4.80 Å². The predicted molar refractivity (Wildman–Crippen MR) is 170 cm³/mol. The number of halogens is 2. The zero-order chi connectivity index (χ0) is 30.0. The van der Waals surface area contributed by atoms with Gasteiger partial charge in [0.1, 0.15) is 12.4 Å². The highest BCUT2D eigenvalue weighted by atomic mass is 35.5. The Balaban J connectivity index is 1.49. The fraction of sp³-hybridized carbons (Fsp3) is 0.219. The number of benzene rings is 3. The van der Waals surface area contributed by atoms with E-state index in [1.807, 2.05) is 66.9 Å². The summed E-state index contributed by atoms with van der Waals surface area (Å²) >= 11 is 15.1. The predicted octanol–water partition coefficient (Wildman–Crippen LogP) is 6.79. The third-order valence-electron chi connectivity index (χ3n) is 6.60. The topological polar surface area (TPSA) is 69.9 Å². The molecular formula is C32H28Cl2N2O4S2. The molecule has 216 valence electrons. The van der Waals surface area contributed by atoms with Gasteiger partial charge < -0.3 is 9.47 Å². The maximum atomic E-state index is 13.9. The number of hydrogen-bond acceptors (Lipinski definition) is 7. The average Bonchev–Trinajstić information content (AvgIpc) is 3.26. The van der Waals surface area contributed by atoms with Crippen LogP contribution >= 0.6 is 46.3 Å². The number of aromatic nitrogens is 1. The molecule has 3 aromatic carbocycles. The van der Waals surface area contributed by atoms with Gasteiger partial charge >= 0.3 is 5.97 Å². The van der Waals surface area contributed by atoms with E-state index in [4.69, 9.17) is 32.7 Å². The molecule has 1 atom stereocenters. The van der Waals surface area contributed by atoms with Gasteiger partial charge in [0.25, 0.3) is 5.56 Å². The maximum Gasteiger partial charge on any atom is 0.338 e. The summed E-state index contributed by atoms with van der Waals surface area (Å²) in [6, 6.07) is 19.9. The van der Waals surface area contributed by atoms with Crippen LogP contribution in [0.4, 0.5) is 0 Å². The standard InChI is InChI=1S/C32H28Cl2N2O4S2/c1-18(2)40-31(38)28-19(3)35-32-36(29(28)21-8-13-25(41-4)14-9-21)30(37)27(42-32)15-20-5-11-24(12-6-20)39-17-22-7-10-23(33)16-26(22)34/h5-16,18,29H,17H2,1-4H3/b27-15-/t29-/m1/s1. The highest BCUT2D eigenvalue weighted by molar-refractivity contribution is 7.98. The second-order valence-electron chi connectivity index (χ2n) is 9.90. The number of fused-ring (bicyclic) bond motifs is 1. The Morgan fingerprint density at radius 2 is 1.81 bits per heavy atom. The van der Waals surface area contributed by atoms with Crippen molar-refractivity contribution in [1.29, 1.82) is 0 Å². The average molecular weight is 640 g/mol. The van der Waals surface area contributed by atoms with Crippen molar-refractivity contribution < 1.29 is 14.3 Å². The van der Waals surface area contributed by atoms with E-state index in [-0.39, 0.29) is 11.7 Å². The summed E-state index contributed by atoms with van der Waals surface area (Å²) in [7, 11) is 0. The van der Waals surface area contributed by atoms with E-state index in [0.717, 1.165) is 21.6 Å². The van der Waals surface area contributed by atoms with Crippen LogP contribution in [0.25, 0.3) is 6.08 Å². The van der Waals surface area contributed by atoms with Gasteiger partial charge in [0, 0.05) is 20.5 Å². The Morgan fingerprint density at radius 3 is 2.45 bits per heavy atom. The summed E-state index contributed by atoms with van der Waals surface area (Å²) in [5.41, 5.74) is 3.14. The Morgan fingerprint density at radius 1 is 1.10 bits per heavy atom. The van der Waals surface area contributed by atoms with Gasteiger partial charge in [-0.05, 0) is 80.6 Å². The Bertz CT molecular complexity index is 1840. The minimum atomic E-state index is -0.652. The number of rotatable bonds is 8. The lowest BCUT2D eigenvalue weighted by molar-refractivity contribution is -0.143. The second kappa shape index (κ2) is 12.9. The molecule has 0 bridgehead atoms. The molecule has 0 aliphatic carbocycles. The van der Waals surface area contributed by atoms with Gasteiger partial charge in [-0.3, -0.25) is 9.36 Å². The molecule has 1 aliphatic rings. The first-order chi connectivity index (χ1) is 20.1. The lowest BCUT2D eigenvalue weighted by Crippen LogP contribution is -2.40. The number of ether oxygens (including phenoxy) is 2.